The number of carbonyl (C=O) groups is 2. The number of ether oxygens (including phenoxy) is 1. The highest BCUT2D eigenvalue weighted by molar-refractivity contribution is 7.96. The Bertz CT molecular complexity index is 616. The number of nitrogens with one attached hydrogen (secondary N) is 1. The Hall–Kier alpha value is -2.27. The fourth-order valence-corrected chi connectivity index (χ4v) is 2.11. The lowest BCUT2D eigenvalue weighted by atomic mass is 10.1. The Labute approximate surface area is 134 Å². The monoisotopic (exact) mass is 315 g/mol. The van der Waals surface area contributed by atoms with Crippen LogP contribution in [0, 0.1) is 0 Å². The van der Waals surface area contributed by atoms with Crippen LogP contribution in [0.1, 0.15) is 11.1 Å². The minimum atomic E-state index is -0.714. The first kappa shape index (κ1) is 16.1. The quantitative estimate of drug-likeness (QED) is 0.806. The first-order chi connectivity index (χ1) is 10.6. The van der Waals surface area contributed by atoms with Gasteiger partial charge in [-0.15, -0.1) is 12.6 Å². The summed E-state index contributed by atoms with van der Waals surface area (Å²) in [5.41, 5.74) is 1.83. The molecule has 0 bridgehead atoms. The molecule has 0 aliphatic heterocycles. The first-order valence-electron chi connectivity index (χ1n) is 6.89. The fourth-order valence-electron chi connectivity index (χ4n) is 1.96. The van der Waals surface area contributed by atoms with Gasteiger partial charge in [0.1, 0.15) is 12.6 Å². The SMILES string of the molecule is O=C(N[C@@H](Cc1ccccc1)C(=O)S)OCc1ccccc1. The summed E-state index contributed by atoms with van der Waals surface area (Å²) in [4.78, 5) is 23.4. The molecule has 0 radical (unpaired) electrons. The summed E-state index contributed by atoms with van der Waals surface area (Å²) in [6.07, 6.45) is -0.254. The first-order valence-corrected chi connectivity index (χ1v) is 7.34. The molecule has 2 aromatic carbocycles. The van der Waals surface area contributed by atoms with Crippen molar-refractivity contribution < 1.29 is 14.3 Å². The summed E-state index contributed by atoms with van der Waals surface area (Å²) in [7, 11) is 0. The lowest BCUT2D eigenvalue weighted by Gasteiger charge is -2.15. The van der Waals surface area contributed by atoms with Gasteiger partial charge in [0, 0.05) is 6.42 Å². The van der Waals surface area contributed by atoms with E-state index >= 15 is 0 Å². The van der Waals surface area contributed by atoms with Crippen molar-refractivity contribution in [3.8, 4) is 0 Å². The van der Waals surface area contributed by atoms with Crippen LogP contribution in [-0.2, 0) is 22.6 Å². The van der Waals surface area contributed by atoms with Crippen LogP contribution in [0.4, 0.5) is 4.79 Å². The van der Waals surface area contributed by atoms with E-state index in [2.05, 4.69) is 17.9 Å². The Morgan fingerprint density at radius 2 is 1.50 bits per heavy atom. The maximum absolute atomic E-state index is 11.8. The summed E-state index contributed by atoms with van der Waals surface area (Å²) in [5.74, 6) is 0. The average Bonchev–Trinajstić information content (AvgIpc) is 2.54. The highest BCUT2D eigenvalue weighted by Gasteiger charge is 2.19. The molecule has 0 aromatic heterocycles. The molecule has 0 aliphatic rings. The lowest BCUT2D eigenvalue weighted by molar-refractivity contribution is -0.112. The van der Waals surface area contributed by atoms with Gasteiger partial charge in [-0.05, 0) is 11.1 Å². The molecule has 1 amide bonds. The molecule has 0 unspecified atom stereocenters. The third kappa shape index (κ3) is 5.26. The molecule has 4 nitrogen and oxygen atoms in total. The summed E-state index contributed by atoms with van der Waals surface area (Å²) in [6, 6.07) is 18.1. The molecule has 0 saturated carbocycles. The van der Waals surface area contributed by atoms with Gasteiger partial charge in [-0.25, -0.2) is 4.79 Å². The van der Waals surface area contributed by atoms with Crippen molar-refractivity contribution in [3.63, 3.8) is 0 Å². The molecule has 2 aromatic rings. The molecule has 0 saturated heterocycles. The number of thiol groups is 1. The van der Waals surface area contributed by atoms with Gasteiger partial charge in [0.05, 0.1) is 0 Å². The molecule has 5 heteroatoms. The van der Waals surface area contributed by atoms with Crippen LogP contribution >= 0.6 is 12.6 Å². The van der Waals surface area contributed by atoms with Gasteiger partial charge in [-0.1, -0.05) is 60.7 Å². The Balaban J connectivity index is 1.88. The summed E-state index contributed by atoms with van der Waals surface area (Å²) < 4.78 is 5.11. The van der Waals surface area contributed by atoms with Crippen molar-refractivity contribution in [1.82, 2.24) is 5.32 Å². The molecule has 0 aliphatic carbocycles. The standard InChI is InChI=1S/C17H17NO3S/c19-16(22)15(11-13-7-3-1-4-8-13)18-17(20)21-12-14-9-5-2-6-10-14/h1-10,15H,11-12H2,(H,18,20)(H,19,22)/t15-/m0/s1. The van der Waals surface area contributed by atoms with Crippen LogP contribution in [0.25, 0.3) is 0 Å². The van der Waals surface area contributed by atoms with E-state index < -0.39 is 17.3 Å². The van der Waals surface area contributed by atoms with Crippen molar-refractivity contribution >= 4 is 23.8 Å². The normalized spacial score (nSPS) is 11.5. The summed E-state index contributed by atoms with van der Waals surface area (Å²) >= 11 is 3.83. The predicted octanol–water partition coefficient (Wildman–Crippen LogP) is 2.98. The Kier molecular flexibility index (Phi) is 6.03. The van der Waals surface area contributed by atoms with Crippen LogP contribution < -0.4 is 5.32 Å². The third-order valence-corrected chi connectivity index (χ3v) is 3.40. The van der Waals surface area contributed by atoms with Gasteiger partial charge in [-0.3, -0.25) is 4.79 Å². The molecule has 1 atom stereocenters. The molecular weight excluding hydrogens is 298 g/mol. The zero-order valence-electron chi connectivity index (χ0n) is 11.9. The van der Waals surface area contributed by atoms with Gasteiger partial charge < -0.3 is 10.1 Å². The lowest BCUT2D eigenvalue weighted by Crippen LogP contribution is -2.40. The molecule has 0 fully saturated rings. The highest BCUT2D eigenvalue weighted by atomic mass is 32.1. The Morgan fingerprint density at radius 1 is 0.955 bits per heavy atom. The minimum absolute atomic E-state index is 0.158. The van der Waals surface area contributed by atoms with Crippen LogP contribution in [0.3, 0.4) is 0 Å². The van der Waals surface area contributed by atoms with E-state index in [1.807, 2.05) is 60.7 Å². The van der Waals surface area contributed by atoms with Gasteiger partial charge >= 0.3 is 6.09 Å². The molecule has 22 heavy (non-hydrogen) atoms. The molecule has 0 heterocycles. The largest absolute Gasteiger partial charge is 0.445 e. The number of carbonyl (C=O) groups excluding carboxylic acids is 2. The van der Waals surface area contributed by atoms with Gasteiger partial charge in [-0.2, -0.15) is 0 Å². The third-order valence-electron chi connectivity index (χ3n) is 3.09. The number of alkyl carbamates (subject to hydrolysis) is 1. The summed E-state index contributed by atoms with van der Waals surface area (Å²) in [5, 5.41) is 2.15. The fraction of sp³-hybridized carbons (Fsp3) is 0.176. The van der Waals surface area contributed by atoms with Crippen LogP contribution in [0.15, 0.2) is 60.7 Å². The Morgan fingerprint density at radius 3 is 2.05 bits per heavy atom. The van der Waals surface area contributed by atoms with Crippen molar-refractivity contribution in [2.75, 3.05) is 0 Å². The topological polar surface area (TPSA) is 55.4 Å². The van der Waals surface area contributed by atoms with Gasteiger partial charge in [0.15, 0.2) is 0 Å². The van der Waals surface area contributed by atoms with E-state index in [0.29, 0.717) is 6.42 Å². The maximum atomic E-state index is 11.8. The van der Waals surface area contributed by atoms with Crippen molar-refractivity contribution in [1.29, 1.82) is 0 Å². The minimum Gasteiger partial charge on any atom is -0.445 e. The van der Waals surface area contributed by atoms with E-state index in [0.717, 1.165) is 11.1 Å². The average molecular weight is 315 g/mol. The maximum Gasteiger partial charge on any atom is 0.408 e. The van der Waals surface area contributed by atoms with Crippen LogP contribution in [-0.4, -0.2) is 17.3 Å². The van der Waals surface area contributed by atoms with E-state index in [1.165, 1.54) is 0 Å². The number of hydrogen-bond donors (Lipinski definition) is 2. The van der Waals surface area contributed by atoms with Crippen molar-refractivity contribution in [3.05, 3.63) is 71.8 Å². The molecule has 1 N–H and O–H groups in total. The van der Waals surface area contributed by atoms with E-state index in [-0.39, 0.29) is 6.61 Å². The van der Waals surface area contributed by atoms with Crippen LogP contribution in [0.5, 0.6) is 0 Å². The van der Waals surface area contributed by atoms with E-state index in [1.54, 1.807) is 0 Å². The zero-order valence-corrected chi connectivity index (χ0v) is 12.8. The van der Waals surface area contributed by atoms with Gasteiger partial charge in [0.2, 0.25) is 5.12 Å². The van der Waals surface area contributed by atoms with Crippen molar-refractivity contribution in [2.45, 2.75) is 19.1 Å². The second kappa shape index (κ2) is 8.24. The smallest absolute Gasteiger partial charge is 0.408 e. The number of rotatable bonds is 6. The zero-order chi connectivity index (χ0) is 15.8. The molecular formula is C17H17NO3S. The predicted molar refractivity (Wildman–Crippen MR) is 87.7 cm³/mol. The van der Waals surface area contributed by atoms with Crippen LogP contribution in [0.2, 0.25) is 0 Å². The second-order valence-corrected chi connectivity index (χ2v) is 5.23. The number of amides is 1. The number of benzene rings is 2. The second-order valence-electron chi connectivity index (χ2n) is 4.79. The van der Waals surface area contributed by atoms with E-state index in [9.17, 15) is 9.59 Å². The summed E-state index contributed by atoms with van der Waals surface area (Å²) in [6.45, 7) is 0.158. The molecule has 2 rings (SSSR count). The molecule has 114 valence electrons. The van der Waals surface area contributed by atoms with Gasteiger partial charge in [0.25, 0.3) is 0 Å². The van der Waals surface area contributed by atoms with E-state index in [4.69, 9.17) is 4.74 Å². The molecule has 0 spiro atoms. The number of hydrogen-bond acceptors (Lipinski definition) is 3. The van der Waals surface area contributed by atoms with Crippen molar-refractivity contribution in [2.24, 2.45) is 0 Å². The highest BCUT2D eigenvalue weighted by Crippen LogP contribution is 2.06.